The standard InChI is InChI=1S/C25H34N6O5S/c1-3-12-30(21(33)15-32)17(4-2)7-8-19-22(37(35)36)23(26)31-24(29-19)18(14-28-31)16-6-9-20(27-13-16)25(34)10-5-11-25/h6,9,13-14,17,32,34H,3-5,7-8,10-12,15,26H2,1-2H3,(H,35,36)/t17-/m1/s1. The number of aryl methyl sites for hydroxylation is 1. The van der Waals surface area contributed by atoms with E-state index in [4.69, 9.17) is 10.7 Å². The number of aliphatic hydroxyl groups excluding tert-OH is 1. The molecule has 1 fully saturated rings. The Balaban J connectivity index is 1.69. The fourth-order valence-electron chi connectivity index (χ4n) is 4.93. The van der Waals surface area contributed by atoms with Gasteiger partial charge in [-0.2, -0.15) is 9.61 Å². The molecule has 0 saturated heterocycles. The zero-order chi connectivity index (χ0) is 26.7. The van der Waals surface area contributed by atoms with Crippen LogP contribution in [0.5, 0.6) is 0 Å². The lowest BCUT2D eigenvalue weighted by Gasteiger charge is -2.35. The van der Waals surface area contributed by atoms with Crippen LogP contribution in [0.2, 0.25) is 0 Å². The number of nitrogens with zero attached hydrogens (tertiary/aromatic N) is 5. The van der Waals surface area contributed by atoms with Crippen LogP contribution in [0.1, 0.15) is 63.8 Å². The van der Waals surface area contributed by atoms with Crippen molar-refractivity contribution in [2.75, 3.05) is 18.9 Å². The lowest BCUT2D eigenvalue weighted by atomic mass is 9.77. The number of nitrogens with two attached hydrogens (primary N) is 1. The maximum absolute atomic E-state index is 12.3. The second kappa shape index (κ2) is 11.2. The molecule has 0 spiro atoms. The summed E-state index contributed by atoms with van der Waals surface area (Å²) < 4.78 is 23.6. The van der Waals surface area contributed by atoms with Crippen molar-refractivity contribution in [3.63, 3.8) is 0 Å². The second-order valence-electron chi connectivity index (χ2n) is 9.48. The number of hydrogen-bond donors (Lipinski definition) is 4. The number of carbonyl (C=O) groups excluding carboxylic acids is 1. The van der Waals surface area contributed by atoms with Crippen molar-refractivity contribution in [3.05, 3.63) is 35.9 Å². The van der Waals surface area contributed by atoms with Crippen molar-refractivity contribution in [3.8, 4) is 11.1 Å². The van der Waals surface area contributed by atoms with Crippen molar-refractivity contribution in [2.45, 2.75) is 75.3 Å². The summed E-state index contributed by atoms with van der Waals surface area (Å²) in [6.45, 7) is 3.86. The van der Waals surface area contributed by atoms with Gasteiger partial charge in [0, 0.05) is 29.9 Å². The number of amides is 1. The normalized spacial score (nSPS) is 16.4. The number of hydrogen-bond acceptors (Lipinski definition) is 8. The van der Waals surface area contributed by atoms with Crippen molar-refractivity contribution in [1.29, 1.82) is 0 Å². The van der Waals surface area contributed by atoms with Gasteiger partial charge in [0.2, 0.25) is 5.91 Å². The summed E-state index contributed by atoms with van der Waals surface area (Å²) in [5, 5.41) is 24.3. The van der Waals surface area contributed by atoms with Gasteiger partial charge in [-0.1, -0.05) is 19.9 Å². The summed E-state index contributed by atoms with van der Waals surface area (Å²) in [4.78, 5) is 23.1. The van der Waals surface area contributed by atoms with Crippen LogP contribution >= 0.6 is 0 Å². The molecule has 11 nitrogen and oxygen atoms in total. The molecule has 1 aliphatic carbocycles. The van der Waals surface area contributed by atoms with Gasteiger partial charge >= 0.3 is 0 Å². The third-order valence-electron chi connectivity index (χ3n) is 7.16. The highest BCUT2D eigenvalue weighted by molar-refractivity contribution is 7.79. The molecule has 1 amide bonds. The number of pyridine rings is 1. The van der Waals surface area contributed by atoms with Crippen molar-refractivity contribution in [1.82, 2.24) is 24.5 Å². The lowest BCUT2D eigenvalue weighted by Crippen LogP contribution is -2.42. The Bertz CT molecular complexity index is 1290. The zero-order valence-electron chi connectivity index (χ0n) is 21.1. The molecule has 1 aliphatic rings. The monoisotopic (exact) mass is 530 g/mol. The van der Waals surface area contributed by atoms with Crippen LogP contribution in [0.4, 0.5) is 5.82 Å². The fourth-order valence-corrected chi connectivity index (χ4v) is 5.55. The molecule has 3 heterocycles. The molecular formula is C25H34N6O5S. The first-order valence-electron chi connectivity index (χ1n) is 12.6. The first-order chi connectivity index (χ1) is 17.7. The molecule has 37 heavy (non-hydrogen) atoms. The Morgan fingerprint density at radius 2 is 2.05 bits per heavy atom. The number of rotatable bonds is 11. The van der Waals surface area contributed by atoms with E-state index in [1.807, 2.05) is 19.9 Å². The van der Waals surface area contributed by atoms with E-state index in [1.165, 1.54) is 4.52 Å². The number of carbonyl (C=O) groups is 1. The fraction of sp³-hybridized carbons (Fsp3) is 0.520. The highest BCUT2D eigenvalue weighted by atomic mass is 32.2. The van der Waals surface area contributed by atoms with E-state index in [2.05, 4.69) is 10.1 Å². The Labute approximate surface area is 218 Å². The molecule has 1 saturated carbocycles. The number of nitrogen functional groups attached to an aromatic ring is 1. The molecule has 0 bridgehead atoms. The molecule has 12 heteroatoms. The second-order valence-corrected chi connectivity index (χ2v) is 10.4. The minimum Gasteiger partial charge on any atom is -0.387 e. The third-order valence-corrected chi connectivity index (χ3v) is 7.95. The van der Waals surface area contributed by atoms with Gasteiger partial charge < -0.3 is 25.4 Å². The van der Waals surface area contributed by atoms with Crippen LogP contribution in [0.3, 0.4) is 0 Å². The Hall–Kier alpha value is -2.93. The predicted molar refractivity (Wildman–Crippen MR) is 139 cm³/mol. The first-order valence-corrected chi connectivity index (χ1v) is 13.7. The Kier molecular flexibility index (Phi) is 8.22. The summed E-state index contributed by atoms with van der Waals surface area (Å²) in [5.41, 5.74) is 8.21. The molecule has 200 valence electrons. The number of fused-ring (bicyclic) bond motifs is 1. The summed E-state index contributed by atoms with van der Waals surface area (Å²) in [5.74, 6) is -0.325. The predicted octanol–water partition coefficient (Wildman–Crippen LogP) is 2.27. The van der Waals surface area contributed by atoms with E-state index in [-0.39, 0.29) is 22.7 Å². The third kappa shape index (κ3) is 5.24. The smallest absolute Gasteiger partial charge is 0.248 e. The molecule has 5 N–H and O–H groups in total. The maximum Gasteiger partial charge on any atom is 0.248 e. The molecule has 0 aromatic carbocycles. The van der Waals surface area contributed by atoms with Gasteiger partial charge in [-0.25, -0.2) is 9.19 Å². The van der Waals surface area contributed by atoms with Crippen LogP contribution in [-0.2, 0) is 27.9 Å². The number of anilines is 1. The summed E-state index contributed by atoms with van der Waals surface area (Å²) in [6, 6.07) is 3.48. The van der Waals surface area contributed by atoms with E-state index in [0.717, 1.165) is 18.4 Å². The van der Waals surface area contributed by atoms with Gasteiger partial charge in [0.25, 0.3) is 0 Å². The van der Waals surface area contributed by atoms with E-state index in [0.29, 0.717) is 61.2 Å². The number of aliphatic hydroxyl groups is 2. The van der Waals surface area contributed by atoms with E-state index >= 15 is 0 Å². The quantitative estimate of drug-likeness (QED) is 0.272. The first kappa shape index (κ1) is 27.1. The van der Waals surface area contributed by atoms with Gasteiger partial charge in [0.1, 0.15) is 22.9 Å². The zero-order valence-corrected chi connectivity index (χ0v) is 21.9. The van der Waals surface area contributed by atoms with Crippen molar-refractivity contribution in [2.24, 2.45) is 0 Å². The molecule has 2 atom stereocenters. The lowest BCUT2D eigenvalue weighted by molar-refractivity contribution is -0.136. The van der Waals surface area contributed by atoms with Crippen molar-refractivity contribution < 1.29 is 23.8 Å². The van der Waals surface area contributed by atoms with E-state index in [9.17, 15) is 23.8 Å². The molecular weight excluding hydrogens is 496 g/mol. The average molecular weight is 531 g/mol. The van der Waals surface area contributed by atoms with Gasteiger partial charge in [-0.3, -0.25) is 9.78 Å². The van der Waals surface area contributed by atoms with Crippen LogP contribution in [0.15, 0.2) is 29.4 Å². The highest BCUT2D eigenvalue weighted by Crippen LogP contribution is 2.40. The highest BCUT2D eigenvalue weighted by Gasteiger charge is 2.37. The molecule has 0 aliphatic heterocycles. The minimum atomic E-state index is -2.40. The van der Waals surface area contributed by atoms with Gasteiger partial charge in [0.05, 0.1) is 17.6 Å². The molecule has 4 rings (SSSR count). The van der Waals surface area contributed by atoms with E-state index in [1.54, 1.807) is 23.4 Å². The average Bonchev–Trinajstić information content (AvgIpc) is 3.30. The Morgan fingerprint density at radius 3 is 2.59 bits per heavy atom. The Morgan fingerprint density at radius 1 is 1.30 bits per heavy atom. The van der Waals surface area contributed by atoms with Crippen LogP contribution in [-0.4, -0.2) is 68.6 Å². The van der Waals surface area contributed by atoms with Crippen LogP contribution in [0.25, 0.3) is 16.8 Å². The summed E-state index contributed by atoms with van der Waals surface area (Å²) in [7, 11) is 0. The largest absolute Gasteiger partial charge is 0.387 e. The SMILES string of the molecule is CCCN(C(=O)CO)[C@H](CC)CCc1nc2c(-c3ccc(C4(O)CCC4)nc3)cnn2c(N)c1S(=O)O. The topological polar surface area (TPSA) is 167 Å². The van der Waals surface area contributed by atoms with Gasteiger partial charge in [-0.05, 0) is 51.0 Å². The molecule has 1 unspecified atom stereocenters. The maximum atomic E-state index is 12.3. The molecule has 0 radical (unpaired) electrons. The number of aromatic nitrogens is 4. The van der Waals surface area contributed by atoms with Crippen LogP contribution in [0, 0.1) is 0 Å². The van der Waals surface area contributed by atoms with Crippen LogP contribution < -0.4 is 5.73 Å². The van der Waals surface area contributed by atoms with Gasteiger partial charge in [0.15, 0.2) is 16.7 Å². The summed E-state index contributed by atoms with van der Waals surface area (Å²) in [6.07, 6.45) is 7.78. The molecule has 3 aromatic heterocycles. The van der Waals surface area contributed by atoms with Crippen molar-refractivity contribution >= 4 is 28.5 Å². The van der Waals surface area contributed by atoms with E-state index < -0.39 is 23.3 Å². The summed E-state index contributed by atoms with van der Waals surface area (Å²) >= 11 is -2.40. The molecule has 3 aromatic rings. The minimum absolute atomic E-state index is 0.00629. The van der Waals surface area contributed by atoms with Gasteiger partial charge in [-0.15, -0.1) is 0 Å².